The van der Waals surface area contributed by atoms with Gasteiger partial charge in [0.15, 0.2) is 16.7 Å². The van der Waals surface area contributed by atoms with Crippen molar-refractivity contribution in [1.29, 1.82) is 0 Å². The van der Waals surface area contributed by atoms with Crippen LogP contribution in [0.3, 0.4) is 0 Å². The molecule has 0 N–H and O–H groups in total. The fourth-order valence-corrected chi connectivity index (χ4v) is 3.94. The highest BCUT2D eigenvalue weighted by Crippen LogP contribution is 2.27. The third-order valence-corrected chi connectivity index (χ3v) is 5.69. The smallest absolute Gasteiger partial charge is 0.276 e. The fraction of sp³-hybridized carbons (Fsp3) is 0.217. The lowest BCUT2D eigenvalue weighted by molar-refractivity contribution is -0.122. The summed E-state index contributed by atoms with van der Waals surface area (Å²) in [6.07, 6.45) is 3.86. The second-order valence-corrected chi connectivity index (χ2v) is 7.36. The average molecular weight is 424 g/mol. The van der Waals surface area contributed by atoms with Crippen LogP contribution in [0.25, 0.3) is 17.0 Å². The number of benzene rings is 2. The van der Waals surface area contributed by atoms with Crippen LogP contribution < -0.4 is 4.74 Å². The van der Waals surface area contributed by atoms with Gasteiger partial charge in [-0.3, -0.25) is 9.69 Å². The zero-order valence-electron chi connectivity index (χ0n) is 16.8. The minimum atomic E-state index is -0.375. The molecule has 7 heteroatoms. The molecule has 5 nitrogen and oxygen atoms in total. The van der Waals surface area contributed by atoms with E-state index < -0.39 is 0 Å². The van der Waals surface area contributed by atoms with Gasteiger partial charge in [-0.1, -0.05) is 30.3 Å². The summed E-state index contributed by atoms with van der Waals surface area (Å²) < 4.78 is 21.4. The van der Waals surface area contributed by atoms with Crippen LogP contribution in [0.15, 0.2) is 60.4 Å². The molecule has 1 fully saturated rings. The number of ether oxygens (including phenoxy) is 1. The number of likely N-dealkylation sites (N-methyl/N-ethyl adjacent to an activating group) is 2. The first-order valence-corrected chi connectivity index (χ1v) is 10.2. The van der Waals surface area contributed by atoms with Gasteiger partial charge in [0.05, 0.1) is 6.54 Å². The summed E-state index contributed by atoms with van der Waals surface area (Å²) in [4.78, 5) is 16.1. The van der Waals surface area contributed by atoms with Crippen molar-refractivity contribution in [3.8, 4) is 5.75 Å². The van der Waals surface area contributed by atoms with E-state index in [1.165, 1.54) is 6.07 Å². The van der Waals surface area contributed by atoms with Crippen LogP contribution in [0.1, 0.15) is 12.5 Å². The molecule has 0 atom stereocenters. The van der Waals surface area contributed by atoms with Crippen molar-refractivity contribution < 1.29 is 13.9 Å². The molecule has 2 heterocycles. The number of amides is 1. The molecule has 1 saturated heterocycles. The van der Waals surface area contributed by atoms with Gasteiger partial charge in [0.2, 0.25) is 0 Å². The molecule has 1 aliphatic heterocycles. The summed E-state index contributed by atoms with van der Waals surface area (Å²) in [6.45, 7) is 3.31. The molecule has 0 spiro atoms. The maximum atomic E-state index is 13.8. The van der Waals surface area contributed by atoms with Crippen molar-refractivity contribution in [1.82, 2.24) is 14.4 Å². The monoisotopic (exact) mass is 423 g/mol. The fourth-order valence-electron chi connectivity index (χ4n) is 3.63. The van der Waals surface area contributed by atoms with E-state index in [4.69, 9.17) is 17.0 Å². The highest BCUT2D eigenvalue weighted by molar-refractivity contribution is 7.80. The maximum Gasteiger partial charge on any atom is 0.276 e. The summed E-state index contributed by atoms with van der Waals surface area (Å²) in [5.74, 6) is -0.230. The van der Waals surface area contributed by atoms with Gasteiger partial charge in [0.1, 0.15) is 12.3 Å². The van der Waals surface area contributed by atoms with Gasteiger partial charge >= 0.3 is 0 Å². The number of thiocarbonyl (C=S) groups is 1. The number of rotatable bonds is 6. The number of nitrogens with zero attached hydrogens (tertiary/aromatic N) is 3. The van der Waals surface area contributed by atoms with Crippen LogP contribution in [-0.4, -0.2) is 45.6 Å². The van der Waals surface area contributed by atoms with Crippen LogP contribution in [-0.2, 0) is 11.3 Å². The van der Waals surface area contributed by atoms with Crippen molar-refractivity contribution in [2.45, 2.75) is 13.5 Å². The Morgan fingerprint density at radius 3 is 2.60 bits per heavy atom. The number of aromatic nitrogens is 1. The number of carbonyl (C=O) groups excluding carboxylic acids is 1. The van der Waals surface area contributed by atoms with E-state index in [0.29, 0.717) is 30.5 Å². The van der Waals surface area contributed by atoms with E-state index >= 15 is 0 Å². The molecule has 0 radical (unpaired) electrons. The summed E-state index contributed by atoms with van der Waals surface area (Å²) in [5.41, 5.74) is 2.49. The Balaban J connectivity index is 1.62. The van der Waals surface area contributed by atoms with Gasteiger partial charge in [0.25, 0.3) is 5.91 Å². The second kappa shape index (κ2) is 8.28. The van der Waals surface area contributed by atoms with Crippen molar-refractivity contribution in [3.63, 3.8) is 0 Å². The number of fused-ring (bicyclic) bond motifs is 1. The highest BCUT2D eigenvalue weighted by Gasteiger charge is 2.34. The summed E-state index contributed by atoms with van der Waals surface area (Å²) in [5, 5.41) is 1.54. The molecule has 1 aliphatic rings. The first-order chi connectivity index (χ1) is 14.5. The third kappa shape index (κ3) is 3.57. The van der Waals surface area contributed by atoms with Gasteiger partial charge in [0, 0.05) is 36.3 Å². The van der Waals surface area contributed by atoms with Crippen molar-refractivity contribution in [3.05, 3.63) is 71.8 Å². The van der Waals surface area contributed by atoms with Crippen molar-refractivity contribution in [2.24, 2.45) is 0 Å². The Hall–Kier alpha value is -3.19. The molecule has 4 rings (SSSR count). The zero-order valence-corrected chi connectivity index (χ0v) is 17.7. The van der Waals surface area contributed by atoms with Crippen LogP contribution >= 0.6 is 12.2 Å². The first kappa shape index (κ1) is 20.1. The van der Waals surface area contributed by atoms with E-state index in [2.05, 4.69) is 4.57 Å². The van der Waals surface area contributed by atoms with E-state index in [1.54, 1.807) is 28.0 Å². The van der Waals surface area contributed by atoms with Gasteiger partial charge in [-0.15, -0.1) is 0 Å². The average Bonchev–Trinajstić information content (AvgIpc) is 3.20. The lowest BCUT2D eigenvalue weighted by atomic mass is 10.1. The van der Waals surface area contributed by atoms with Gasteiger partial charge in [-0.25, -0.2) is 4.39 Å². The molecule has 0 bridgehead atoms. The summed E-state index contributed by atoms with van der Waals surface area (Å²) in [6, 6.07) is 14.3. The van der Waals surface area contributed by atoms with E-state index in [0.717, 1.165) is 16.5 Å². The highest BCUT2D eigenvalue weighted by atomic mass is 32.1. The molecule has 1 aromatic heterocycles. The first-order valence-electron chi connectivity index (χ1n) is 9.77. The molecule has 0 aliphatic carbocycles. The second-order valence-electron chi connectivity index (χ2n) is 6.99. The number of hydrogen-bond acceptors (Lipinski definition) is 3. The third-order valence-electron chi connectivity index (χ3n) is 5.20. The number of carbonyl (C=O) groups is 1. The Morgan fingerprint density at radius 1 is 1.13 bits per heavy atom. The topological polar surface area (TPSA) is 37.7 Å². The van der Waals surface area contributed by atoms with Crippen LogP contribution in [0.5, 0.6) is 5.75 Å². The Morgan fingerprint density at radius 2 is 1.87 bits per heavy atom. The Bertz CT molecular complexity index is 1150. The van der Waals surface area contributed by atoms with Gasteiger partial charge in [-0.2, -0.15) is 0 Å². The molecule has 2 aromatic carbocycles. The molecule has 154 valence electrons. The summed E-state index contributed by atoms with van der Waals surface area (Å²) in [7, 11) is 1.81. The minimum absolute atomic E-state index is 0.0929. The van der Waals surface area contributed by atoms with E-state index in [-0.39, 0.29) is 17.5 Å². The molecule has 0 saturated carbocycles. The predicted octanol–water partition coefficient (Wildman–Crippen LogP) is 4.28. The Kier molecular flexibility index (Phi) is 5.55. The molecule has 3 aromatic rings. The van der Waals surface area contributed by atoms with Crippen LogP contribution in [0.4, 0.5) is 4.39 Å². The molecular formula is C23H22FN3O2S. The number of hydrogen-bond donors (Lipinski definition) is 0. The number of para-hydroxylation sites is 2. The quantitative estimate of drug-likeness (QED) is 0.438. The van der Waals surface area contributed by atoms with Crippen LogP contribution in [0.2, 0.25) is 0 Å². The number of halogens is 1. The van der Waals surface area contributed by atoms with E-state index in [1.807, 2.05) is 50.5 Å². The summed E-state index contributed by atoms with van der Waals surface area (Å²) >= 11 is 5.39. The zero-order chi connectivity index (χ0) is 21.3. The molecule has 1 amide bonds. The van der Waals surface area contributed by atoms with Crippen molar-refractivity contribution in [2.75, 3.05) is 20.2 Å². The maximum absolute atomic E-state index is 13.8. The normalized spacial score (nSPS) is 15.6. The lowest BCUT2D eigenvalue weighted by Crippen LogP contribution is -2.30. The predicted molar refractivity (Wildman–Crippen MR) is 120 cm³/mol. The Labute approximate surface area is 179 Å². The van der Waals surface area contributed by atoms with Crippen LogP contribution in [0, 0.1) is 5.82 Å². The standard InChI is InChI=1S/C23H22FN3O2S/c1-3-27-22(28)20(25(2)23(27)30)14-16-15-26(19-10-6-4-8-17(16)19)12-13-29-21-11-7-5-9-18(21)24/h4-11,14-15H,3,12-13H2,1-2H3/b20-14-. The minimum Gasteiger partial charge on any atom is -0.489 e. The largest absolute Gasteiger partial charge is 0.489 e. The lowest BCUT2D eigenvalue weighted by Gasteiger charge is -2.13. The SMILES string of the molecule is CCN1C(=O)/C(=C/c2cn(CCOc3ccccc3F)c3ccccc23)N(C)C1=S. The van der Waals surface area contributed by atoms with Crippen molar-refractivity contribution >= 4 is 40.2 Å². The van der Waals surface area contributed by atoms with E-state index in [9.17, 15) is 9.18 Å². The molecule has 0 unspecified atom stereocenters. The van der Waals surface area contributed by atoms with Gasteiger partial charge < -0.3 is 14.2 Å². The van der Waals surface area contributed by atoms with Gasteiger partial charge in [-0.05, 0) is 43.4 Å². The molecular weight excluding hydrogens is 401 g/mol. The molecule has 30 heavy (non-hydrogen) atoms.